The van der Waals surface area contributed by atoms with Crippen molar-refractivity contribution in [3.8, 4) is 11.3 Å². The maximum absolute atomic E-state index is 4.77. The highest BCUT2D eigenvalue weighted by molar-refractivity contribution is 5.65. The van der Waals surface area contributed by atoms with Gasteiger partial charge in [0.15, 0.2) is 0 Å². The van der Waals surface area contributed by atoms with Gasteiger partial charge in [-0.1, -0.05) is 30.3 Å². The van der Waals surface area contributed by atoms with Crippen molar-refractivity contribution < 1.29 is 0 Å². The summed E-state index contributed by atoms with van der Waals surface area (Å²) in [6.07, 6.45) is 3.57. The second kappa shape index (κ2) is 8.21. The molecule has 1 N–H and O–H groups in total. The molecule has 1 aliphatic rings. The molecular weight excluding hydrogens is 350 g/mol. The van der Waals surface area contributed by atoms with Crippen LogP contribution in [0.1, 0.15) is 13.8 Å². The monoisotopic (exact) mass is 375 g/mol. The van der Waals surface area contributed by atoms with Crippen LogP contribution in [0.15, 0.2) is 54.9 Å². The molecule has 1 aliphatic heterocycles. The van der Waals surface area contributed by atoms with Gasteiger partial charge in [0, 0.05) is 56.2 Å². The van der Waals surface area contributed by atoms with Gasteiger partial charge in [0.05, 0.1) is 5.69 Å². The molecule has 0 amide bonds. The number of rotatable bonds is 5. The maximum Gasteiger partial charge on any atom is 0.225 e. The van der Waals surface area contributed by atoms with E-state index in [0.717, 1.165) is 49.2 Å². The molecule has 0 aliphatic carbocycles. The Balaban J connectivity index is 1.57. The van der Waals surface area contributed by atoms with Gasteiger partial charge in [0.25, 0.3) is 0 Å². The summed E-state index contributed by atoms with van der Waals surface area (Å²) in [5.41, 5.74) is 2.02. The highest BCUT2D eigenvalue weighted by Gasteiger charge is 2.21. The Bertz CT molecular complexity index is 891. The molecule has 0 bridgehead atoms. The first-order valence-corrected chi connectivity index (χ1v) is 9.67. The molecule has 3 heterocycles. The van der Waals surface area contributed by atoms with E-state index in [1.165, 1.54) is 0 Å². The molecule has 0 atom stereocenters. The van der Waals surface area contributed by atoms with Gasteiger partial charge in [0.1, 0.15) is 5.82 Å². The fourth-order valence-corrected chi connectivity index (χ4v) is 3.27. The smallest absolute Gasteiger partial charge is 0.225 e. The third-order valence-electron chi connectivity index (χ3n) is 4.64. The molecule has 1 fully saturated rings. The normalized spacial score (nSPS) is 14.4. The zero-order chi connectivity index (χ0) is 19.3. The third-order valence-corrected chi connectivity index (χ3v) is 4.64. The minimum atomic E-state index is 0.269. The van der Waals surface area contributed by atoms with Crippen molar-refractivity contribution >= 4 is 17.7 Å². The lowest BCUT2D eigenvalue weighted by molar-refractivity contribution is 0.634. The number of aromatic nitrogens is 4. The topological polar surface area (TPSA) is 70.1 Å². The molecule has 2 aromatic heterocycles. The first-order chi connectivity index (χ1) is 13.7. The van der Waals surface area contributed by atoms with Gasteiger partial charge in [-0.3, -0.25) is 0 Å². The molecule has 7 heteroatoms. The standard InChI is InChI=1S/C21H25N7/c1-16(2)24-20-25-18(17-7-4-3-5-8-17)15-19(26-20)27-11-13-28(14-12-27)21-22-9-6-10-23-21/h3-10,15-16H,11-14H2,1-2H3,(H,24,25,26). The van der Waals surface area contributed by atoms with E-state index in [-0.39, 0.29) is 6.04 Å². The Kier molecular flexibility index (Phi) is 5.32. The minimum absolute atomic E-state index is 0.269. The van der Waals surface area contributed by atoms with Crippen LogP contribution in [-0.2, 0) is 0 Å². The van der Waals surface area contributed by atoms with Crippen LogP contribution in [0.5, 0.6) is 0 Å². The lowest BCUT2D eigenvalue weighted by Crippen LogP contribution is -2.47. The predicted octanol–water partition coefficient (Wildman–Crippen LogP) is 3.08. The summed E-state index contributed by atoms with van der Waals surface area (Å²) < 4.78 is 0. The number of piperazine rings is 1. The summed E-state index contributed by atoms with van der Waals surface area (Å²) in [5.74, 6) is 2.41. The molecule has 28 heavy (non-hydrogen) atoms. The highest BCUT2D eigenvalue weighted by atomic mass is 15.3. The molecule has 4 rings (SSSR count). The van der Waals surface area contributed by atoms with Crippen LogP contribution in [-0.4, -0.2) is 52.2 Å². The number of hydrogen-bond donors (Lipinski definition) is 1. The number of benzene rings is 1. The van der Waals surface area contributed by atoms with Crippen molar-refractivity contribution in [1.29, 1.82) is 0 Å². The van der Waals surface area contributed by atoms with Crippen molar-refractivity contribution in [1.82, 2.24) is 19.9 Å². The molecule has 1 aromatic carbocycles. The van der Waals surface area contributed by atoms with Gasteiger partial charge in [-0.2, -0.15) is 4.98 Å². The largest absolute Gasteiger partial charge is 0.353 e. The highest BCUT2D eigenvalue weighted by Crippen LogP contribution is 2.25. The van der Waals surface area contributed by atoms with Crippen LogP contribution < -0.4 is 15.1 Å². The second-order valence-electron chi connectivity index (χ2n) is 7.12. The summed E-state index contributed by atoms with van der Waals surface area (Å²) in [6, 6.07) is 14.4. The molecule has 144 valence electrons. The van der Waals surface area contributed by atoms with E-state index in [4.69, 9.17) is 9.97 Å². The average Bonchev–Trinajstić information content (AvgIpc) is 2.74. The molecule has 0 spiro atoms. The zero-order valence-electron chi connectivity index (χ0n) is 16.3. The summed E-state index contributed by atoms with van der Waals surface area (Å²) in [4.78, 5) is 22.7. The summed E-state index contributed by atoms with van der Waals surface area (Å²) in [7, 11) is 0. The van der Waals surface area contributed by atoms with Crippen LogP contribution in [0.25, 0.3) is 11.3 Å². The predicted molar refractivity (Wildman–Crippen MR) is 113 cm³/mol. The molecule has 3 aromatic rings. The van der Waals surface area contributed by atoms with Gasteiger partial charge in [0.2, 0.25) is 11.9 Å². The first kappa shape index (κ1) is 18.2. The third kappa shape index (κ3) is 4.19. The van der Waals surface area contributed by atoms with Crippen molar-refractivity contribution in [2.45, 2.75) is 19.9 Å². The Hall–Kier alpha value is -3.22. The number of anilines is 3. The van der Waals surface area contributed by atoms with Crippen molar-refractivity contribution in [2.75, 3.05) is 41.3 Å². The van der Waals surface area contributed by atoms with Crippen molar-refractivity contribution in [3.63, 3.8) is 0 Å². The van der Waals surface area contributed by atoms with E-state index < -0.39 is 0 Å². The Labute approximate surface area is 165 Å². The molecular formula is C21H25N7. The Morgan fingerprint density at radius 3 is 2.21 bits per heavy atom. The summed E-state index contributed by atoms with van der Waals surface area (Å²) in [6.45, 7) is 7.65. The Morgan fingerprint density at radius 2 is 1.54 bits per heavy atom. The molecule has 7 nitrogen and oxygen atoms in total. The second-order valence-corrected chi connectivity index (χ2v) is 7.12. The van der Waals surface area contributed by atoms with Gasteiger partial charge in [-0.15, -0.1) is 0 Å². The zero-order valence-corrected chi connectivity index (χ0v) is 16.3. The lowest BCUT2D eigenvalue weighted by atomic mass is 10.1. The fraction of sp³-hybridized carbons (Fsp3) is 0.333. The van der Waals surface area contributed by atoms with E-state index >= 15 is 0 Å². The molecule has 1 saturated heterocycles. The van der Waals surface area contributed by atoms with E-state index in [1.54, 1.807) is 12.4 Å². The average molecular weight is 375 g/mol. The molecule has 0 unspecified atom stereocenters. The van der Waals surface area contributed by atoms with Crippen molar-refractivity contribution in [3.05, 3.63) is 54.9 Å². The molecule has 0 radical (unpaired) electrons. The van der Waals surface area contributed by atoms with Crippen molar-refractivity contribution in [2.24, 2.45) is 0 Å². The van der Waals surface area contributed by atoms with E-state index in [0.29, 0.717) is 5.95 Å². The summed E-state index contributed by atoms with van der Waals surface area (Å²) >= 11 is 0. The van der Waals surface area contributed by atoms with Gasteiger partial charge >= 0.3 is 0 Å². The lowest BCUT2D eigenvalue weighted by Gasteiger charge is -2.35. The van der Waals surface area contributed by atoms with E-state index in [2.05, 4.69) is 57.1 Å². The van der Waals surface area contributed by atoms with Crippen LogP contribution in [0, 0.1) is 0 Å². The van der Waals surface area contributed by atoms with Crippen LogP contribution >= 0.6 is 0 Å². The quantitative estimate of drug-likeness (QED) is 0.735. The maximum atomic E-state index is 4.77. The number of nitrogens with one attached hydrogen (secondary N) is 1. The Morgan fingerprint density at radius 1 is 0.857 bits per heavy atom. The van der Waals surface area contributed by atoms with E-state index in [1.807, 2.05) is 24.3 Å². The minimum Gasteiger partial charge on any atom is -0.353 e. The van der Waals surface area contributed by atoms with Gasteiger partial charge in [-0.05, 0) is 19.9 Å². The fourth-order valence-electron chi connectivity index (χ4n) is 3.27. The number of nitrogens with zero attached hydrogens (tertiary/aromatic N) is 6. The van der Waals surface area contributed by atoms with Crippen LogP contribution in [0.3, 0.4) is 0 Å². The van der Waals surface area contributed by atoms with Gasteiger partial charge in [-0.25, -0.2) is 15.0 Å². The first-order valence-electron chi connectivity index (χ1n) is 9.67. The number of hydrogen-bond acceptors (Lipinski definition) is 7. The van der Waals surface area contributed by atoms with E-state index in [9.17, 15) is 0 Å². The van der Waals surface area contributed by atoms with Crippen LogP contribution in [0.2, 0.25) is 0 Å². The SMILES string of the molecule is CC(C)Nc1nc(-c2ccccc2)cc(N2CCN(c3ncccn3)CC2)n1. The summed E-state index contributed by atoms with van der Waals surface area (Å²) in [5, 5.41) is 3.35. The molecule has 0 saturated carbocycles. The van der Waals surface area contributed by atoms with Gasteiger partial charge < -0.3 is 15.1 Å². The van der Waals surface area contributed by atoms with Crippen LogP contribution in [0.4, 0.5) is 17.7 Å².